The van der Waals surface area contributed by atoms with Crippen molar-refractivity contribution in [2.75, 3.05) is 6.54 Å². The van der Waals surface area contributed by atoms with Gasteiger partial charge in [0.05, 0.1) is 19.2 Å². The van der Waals surface area contributed by atoms with E-state index in [1.54, 1.807) is 6.21 Å². The van der Waals surface area contributed by atoms with Crippen LogP contribution in [-0.4, -0.2) is 24.7 Å². The van der Waals surface area contributed by atoms with E-state index in [9.17, 15) is 4.79 Å². The first-order valence-electron chi connectivity index (χ1n) is 5.75. The number of nitrogens with zero attached hydrogens (tertiary/aromatic N) is 2. The van der Waals surface area contributed by atoms with Gasteiger partial charge in [0.25, 0.3) is 0 Å². The van der Waals surface area contributed by atoms with Gasteiger partial charge >= 0.3 is 0 Å². The van der Waals surface area contributed by atoms with Gasteiger partial charge in [0.1, 0.15) is 12.2 Å². The second-order valence-corrected chi connectivity index (χ2v) is 4.34. The Morgan fingerprint density at radius 1 is 1.29 bits per heavy atom. The SMILES string of the molecule is O=C1C[C@H]([N+]2(c3ccccc3)C=CC=N2)CN1. The number of carbonyl (C=O) groups is 1. The van der Waals surface area contributed by atoms with Gasteiger partial charge in [0.2, 0.25) is 5.91 Å². The van der Waals surface area contributed by atoms with Crippen molar-refractivity contribution in [3.8, 4) is 0 Å². The molecule has 1 saturated heterocycles. The van der Waals surface area contributed by atoms with Crippen molar-refractivity contribution in [2.45, 2.75) is 12.5 Å². The molecular formula is C13H14N3O+. The molecule has 0 radical (unpaired) electrons. The third-order valence-electron chi connectivity index (χ3n) is 3.34. The number of para-hydroxylation sites is 1. The first-order chi connectivity index (χ1) is 8.31. The summed E-state index contributed by atoms with van der Waals surface area (Å²) in [4.78, 5) is 11.4. The third-order valence-corrected chi connectivity index (χ3v) is 3.34. The van der Waals surface area contributed by atoms with Crippen LogP contribution >= 0.6 is 0 Å². The van der Waals surface area contributed by atoms with E-state index in [2.05, 4.69) is 22.6 Å². The van der Waals surface area contributed by atoms with E-state index in [1.165, 1.54) is 0 Å². The zero-order chi connectivity index (χ0) is 11.7. The van der Waals surface area contributed by atoms with Crippen LogP contribution in [0.3, 0.4) is 0 Å². The average molecular weight is 228 g/mol. The number of benzene rings is 1. The first-order valence-corrected chi connectivity index (χ1v) is 5.75. The number of nitrogens with one attached hydrogen (secondary N) is 1. The van der Waals surface area contributed by atoms with Crippen molar-refractivity contribution in [3.63, 3.8) is 0 Å². The molecule has 4 nitrogen and oxygen atoms in total. The van der Waals surface area contributed by atoms with E-state index in [-0.39, 0.29) is 11.9 Å². The molecule has 1 fully saturated rings. The van der Waals surface area contributed by atoms with Gasteiger partial charge in [-0.25, -0.2) is 0 Å². The molecule has 0 bridgehead atoms. The highest BCUT2D eigenvalue weighted by Gasteiger charge is 2.44. The van der Waals surface area contributed by atoms with E-state index < -0.39 is 0 Å². The van der Waals surface area contributed by atoms with E-state index >= 15 is 0 Å². The summed E-state index contributed by atoms with van der Waals surface area (Å²) >= 11 is 0. The Bertz CT molecular complexity index is 481. The van der Waals surface area contributed by atoms with Gasteiger partial charge < -0.3 is 5.32 Å². The number of amides is 1. The van der Waals surface area contributed by atoms with Gasteiger partial charge in [0, 0.05) is 18.2 Å². The van der Waals surface area contributed by atoms with Crippen molar-refractivity contribution >= 4 is 17.8 Å². The van der Waals surface area contributed by atoms with Crippen LogP contribution < -0.4 is 9.91 Å². The number of rotatable bonds is 2. The zero-order valence-electron chi connectivity index (χ0n) is 9.41. The van der Waals surface area contributed by atoms with E-state index in [1.807, 2.05) is 30.5 Å². The summed E-state index contributed by atoms with van der Waals surface area (Å²) < 4.78 is 0.402. The van der Waals surface area contributed by atoms with Crippen LogP contribution in [0.5, 0.6) is 0 Å². The molecule has 86 valence electrons. The standard InChI is InChI=1S/C13H13N3O/c17-13-9-12(10-14-13)16(8-4-7-15-16)11-5-2-1-3-6-11/h1-8,12H,9-10H2/p+1/t12-,16?/m0/s1. The maximum Gasteiger partial charge on any atom is 0.226 e. The smallest absolute Gasteiger partial charge is 0.226 e. The largest absolute Gasteiger partial charge is 0.350 e. The lowest BCUT2D eigenvalue weighted by Gasteiger charge is -2.30. The fourth-order valence-electron chi connectivity index (χ4n) is 2.47. The highest BCUT2D eigenvalue weighted by molar-refractivity contribution is 5.81. The predicted molar refractivity (Wildman–Crippen MR) is 67.3 cm³/mol. The summed E-state index contributed by atoms with van der Waals surface area (Å²) in [5.74, 6) is 0.110. The quantitative estimate of drug-likeness (QED) is 0.764. The molecule has 1 unspecified atom stereocenters. The van der Waals surface area contributed by atoms with E-state index in [4.69, 9.17) is 0 Å². The first kappa shape index (κ1) is 10.2. The minimum absolute atomic E-state index is 0.110. The number of quaternary nitrogens is 1. The fraction of sp³-hybridized carbons (Fsp3) is 0.231. The van der Waals surface area contributed by atoms with E-state index in [0.717, 1.165) is 5.69 Å². The molecule has 2 aliphatic heterocycles. The molecule has 0 aromatic heterocycles. The topological polar surface area (TPSA) is 41.5 Å². The Morgan fingerprint density at radius 3 is 2.71 bits per heavy atom. The Morgan fingerprint density at radius 2 is 2.12 bits per heavy atom. The molecule has 17 heavy (non-hydrogen) atoms. The molecule has 2 atom stereocenters. The van der Waals surface area contributed by atoms with Gasteiger partial charge in [-0.05, 0) is 0 Å². The highest BCUT2D eigenvalue weighted by atomic mass is 16.2. The Kier molecular flexibility index (Phi) is 2.30. The van der Waals surface area contributed by atoms with E-state index in [0.29, 0.717) is 17.6 Å². The van der Waals surface area contributed by atoms with Crippen LogP contribution in [0, 0.1) is 0 Å². The summed E-state index contributed by atoms with van der Waals surface area (Å²) in [6.07, 6.45) is 6.31. The molecule has 3 rings (SSSR count). The van der Waals surface area contributed by atoms with Crippen molar-refractivity contribution in [1.29, 1.82) is 0 Å². The average Bonchev–Trinajstić information content (AvgIpc) is 2.99. The number of carbonyl (C=O) groups excluding carboxylic acids is 1. The van der Waals surface area contributed by atoms with Crippen molar-refractivity contribution in [3.05, 3.63) is 42.6 Å². The second kappa shape index (κ2) is 3.82. The molecule has 2 aliphatic rings. The number of hydrogen-bond donors (Lipinski definition) is 1. The molecule has 0 aliphatic carbocycles. The van der Waals surface area contributed by atoms with Gasteiger partial charge in [-0.15, -0.1) is 4.59 Å². The predicted octanol–water partition coefficient (Wildman–Crippen LogP) is 1.40. The molecular weight excluding hydrogens is 214 g/mol. The van der Waals surface area contributed by atoms with Crippen LogP contribution in [-0.2, 0) is 4.79 Å². The lowest BCUT2D eigenvalue weighted by atomic mass is 10.1. The summed E-state index contributed by atoms with van der Waals surface area (Å²) in [7, 11) is 0. The maximum atomic E-state index is 11.4. The molecule has 1 aromatic carbocycles. The normalized spacial score (nSPS) is 30.8. The number of allylic oxidation sites excluding steroid dienone is 1. The van der Waals surface area contributed by atoms with Crippen molar-refractivity contribution < 1.29 is 4.79 Å². The Hall–Kier alpha value is -1.94. The van der Waals surface area contributed by atoms with Crippen LogP contribution in [0.1, 0.15) is 6.42 Å². The summed E-state index contributed by atoms with van der Waals surface area (Å²) in [5, 5.41) is 7.44. The fourth-order valence-corrected chi connectivity index (χ4v) is 2.47. The molecule has 0 spiro atoms. The summed E-state index contributed by atoms with van der Waals surface area (Å²) in [5.41, 5.74) is 1.10. The van der Waals surface area contributed by atoms with Gasteiger partial charge in [-0.2, -0.15) is 0 Å². The van der Waals surface area contributed by atoms with Crippen LogP contribution in [0.4, 0.5) is 5.69 Å². The summed E-state index contributed by atoms with van der Waals surface area (Å²) in [6, 6.07) is 10.2. The van der Waals surface area contributed by atoms with Gasteiger partial charge in [-0.3, -0.25) is 4.79 Å². The van der Waals surface area contributed by atoms with Crippen molar-refractivity contribution in [2.24, 2.45) is 5.10 Å². The highest BCUT2D eigenvalue weighted by Crippen LogP contribution is 2.32. The lowest BCUT2D eigenvalue weighted by molar-refractivity contribution is -0.119. The molecule has 2 heterocycles. The summed E-state index contributed by atoms with van der Waals surface area (Å²) in [6.45, 7) is 0.676. The molecule has 1 amide bonds. The molecule has 0 saturated carbocycles. The van der Waals surface area contributed by atoms with Gasteiger partial charge in [-0.1, -0.05) is 23.3 Å². The minimum Gasteiger partial charge on any atom is -0.350 e. The maximum absolute atomic E-state index is 11.4. The Labute approximate surface area is 99.8 Å². The van der Waals surface area contributed by atoms with Crippen molar-refractivity contribution in [1.82, 2.24) is 9.91 Å². The number of hydrogen-bond acceptors (Lipinski definition) is 2. The van der Waals surface area contributed by atoms with Crippen LogP contribution in [0.15, 0.2) is 47.7 Å². The third kappa shape index (κ3) is 1.57. The van der Waals surface area contributed by atoms with Crippen LogP contribution in [0.2, 0.25) is 0 Å². The monoisotopic (exact) mass is 228 g/mol. The minimum atomic E-state index is 0.110. The lowest BCUT2D eigenvalue weighted by Crippen LogP contribution is -2.47. The van der Waals surface area contributed by atoms with Crippen LogP contribution in [0.25, 0.3) is 0 Å². The van der Waals surface area contributed by atoms with Gasteiger partial charge in [0.15, 0.2) is 5.69 Å². The Balaban J connectivity index is 2.03. The molecule has 1 aromatic rings. The second-order valence-electron chi connectivity index (χ2n) is 4.34. The molecule has 4 heteroatoms. The zero-order valence-corrected chi connectivity index (χ0v) is 9.41. The molecule has 1 N–H and O–H groups in total.